The van der Waals surface area contributed by atoms with Crippen LogP contribution >= 0.6 is 0 Å². The lowest BCUT2D eigenvalue weighted by Crippen LogP contribution is -2.44. The predicted octanol–water partition coefficient (Wildman–Crippen LogP) is -0.833. The molecule has 0 unspecified atom stereocenters. The Kier molecular flexibility index (Phi) is 2.86. The van der Waals surface area contributed by atoms with Crippen molar-refractivity contribution >= 4 is 17.7 Å². The second-order valence-corrected chi connectivity index (χ2v) is 3.51. The van der Waals surface area contributed by atoms with E-state index in [0.717, 1.165) is 26.2 Å². The van der Waals surface area contributed by atoms with Crippen LogP contribution in [-0.4, -0.2) is 47.2 Å². The number of aromatic carboxylic acids is 1. The van der Waals surface area contributed by atoms with Crippen LogP contribution in [0.4, 0.5) is 11.8 Å². The minimum absolute atomic E-state index is 0.00608. The molecule has 2 heterocycles. The highest BCUT2D eigenvalue weighted by Crippen LogP contribution is 2.14. The van der Waals surface area contributed by atoms with Crippen LogP contribution in [0.3, 0.4) is 0 Å². The molecule has 0 amide bonds. The van der Waals surface area contributed by atoms with Crippen LogP contribution in [0.15, 0.2) is 6.07 Å². The van der Waals surface area contributed by atoms with Crippen molar-refractivity contribution in [3.05, 3.63) is 11.8 Å². The third-order valence-corrected chi connectivity index (χ3v) is 2.39. The molecule has 1 saturated heterocycles. The summed E-state index contributed by atoms with van der Waals surface area (Å²) in [6.45, 7) is 3.28. The molecule has 2 rings (SSSR count). The summed E-state index contributed by atoms with van der Waals surface area (Å²) in [7, 11) is 0. The maximum absolute atomic E-state index is 10.8. The number of piperazine rings is 1. The van der Waals surface area contributed by atoms with Crippen molar-refractivity contribution in [2.45, 2.75) is 0 Å². The molecule has 0 aromatic carbocycles. The van der Waals surface area contributed by atoms with Gasteiger partial charge in [0.2, 0.25) is 5.95 Å². The van der Waals surface area contributed by atoms with E-state index in [9.17, 15) is 4.79 Å². The SMILES string of the molecule is Nc1nc(C(=O)O)cc(N2CCNCC2)n1. The highest BCUT2D eigenvalue weighted by atomic mass is 16.4. The minimum atomic E-state index is -1.09. The Labute approximate surface area is 92.3 Å². The molecule has 0 bridgehead atoms. The quantitative estimate of drug-likeness (QED) is 0.600. The van der Waals surface area contributed by atoms with Crippen LogP contribution in [0.1, 0.15) is 10.5 Å². The topological polar surface area (TPSA) is 104 Å². The van der Waals surface area contributed by atoms with E-state index in [4.69, 9.17) is 10.8 Å². The Morgan fingerprint density at radius 2 is 2.12 bits per heavy atom. The van der Waals surface area contributed by atoms with E-state index >= 15 is 0 Å². The molecule has 0 spiro atoms. The molecule has 0 radical (unpaired) electrons. The molecule has 86 valence electrons. The lowest BCUT2D eigenvalue weighted by Gasteiger charge is -2.28. The second-order valence-electron chi connectivity index (χ2n) is 3.51. The number of aromatic nitrogens is 2. The maximum Gasteiger partial charge on any atom is 0.354 e. The number of nitrogens with one attached hydrogen (secondary N) is 1. The Morgan fingerprint density at radius 3 is 2.75 bits per heavy atom. The average molecular weight is 223 g/mol. The molecule has 1 aliphatic rings. The summed E-state index contributed by atoms with van der Waals surface area (Å²) < 4.78 is 0. The van der Waals surface area contributed by atoms with Gasteiger partial charge in [-0.25, -0.2) is 9.78 Å². The van der Waals surface area contributed by atoms with Gasteiger partial charge in [-0.2, -0.15) is 4.98 Å². The third-order valence-electron chi connectivity index (χ3n) is 2.39. The molecule has 0 saturated carbocycles. The summed E-state index contributed by atoms with van der Waals surface area (Å²) in [5.74, 6) is -0.523. The molecule has 0 aliphatic carbocycles. The van der Waals surface area contributed by atoms with Gasteiger partial charge in [0.15, 0.2) is 5.69 Å². The van der Waals surface area contributed by atoms with E-state index in [1.807, 2.05) is 4.90 Å². The van der Waals surface area contributed by atoms with E-state index in [-0.39, 0.29) is 11.6 Å². The van der Waals surface area contributed by atoms with E-state index in [2.05, 4.69) is 15.3 Å². The first-order valence-electron chi connectivity index (χ1n) is 5.00. The molecule has 4 N–H and O–H groups in total. The summed E-state index contributed by atoms with van der Waals surface area (Å²) in [4.78, 5) is 20.5. The number of nitrogens with zero attached hydrogens (tertiary/aromatic N) is 3. The van der Waals surface area contributed by atoms with Gasteiger partial charge in [-0.1, -0.05) is 0 Å². The van der Waals surface area contributed by atoms with E-state index in [1.54, 1.807) is 0 Å². The molecule has 7 heteroatoms. The first-order chi connectivity index (χ1) is 7.66. The highest BCUT2D eigenvalue weighted by molar-refractivity contribution is 5.86. The van der Waals surface area contributed by atoms with Gasteiger partial charge in [-0.05, 0) is 0 Å². The minimum Gasteiger partial charge on any atom is -0.477 e. The zero-order chi connectivity index (χ0) is 11.5. The number of hydrogen-bond acceptors (Lipinski definition) is 6. The Hall–Kier alpha value is -1.89. The zero-order valence-electron chi connectivity index (χ0n) is 8.68. The monoisotopic (exact) mass is 223 g/mol. The van der Waals surface area contributed by atoms with E-state index in [1.165, 1.54) is 6.07 Å². The van der Waals surface area contributed by atoms with Gasteiger partial charge in [0.05, 0.1) is 0 Å². The fourth-order valence-corrected chi connectivity index (χ4v) is 1.62. The largest absolute Gasteiger partial charge is 0.477 e. The molecule has 1 aliphatic heterocycles. The van der Waals surface area contributed by atoms with Crippen LogP contribution in [0.25, 0.3) is 0 Å². The molecule has 1 aromatic rings. The van der Waals surface area contributed by atoms with Crippen molar-refractivity contribution < 1.29 is 9.90 Å². The molecule has 16 heavy (non-hydrogen) atoms. The summed E-state index contributed by atoms with van der Waals surface area (Å²) in [5, 5.41) is 12.1. The van der Waals surface area contributed by atoms with Crippen molar-refractivity contribution in [3.8, 4) is 0 Å². The average Bonchev–Trinajstić information content (AvgIpc) is 2.29. The summed E-state index contributed by atoms with van der Waals surface area (Å²) in [6, 6.07) is 1.45. The Morgan fingerprint density at radius 1 is 1.44 bits per heavy atom. The fourth-order valence-electron chi connectivity index (χ4n) is 1.62. The molecule has 7 nitrogen and oxygen atoms in total. The van der Waals surface area contributed by atoms with Gasteiger partial charge in [-0.15, -0.1) is 0 Å². The number of rotatable bonds is 2. The number of carboxylic acid groups (broad SMARTS) is 1. The molecule has 0 atom stereocenters. The van der Waals surface area contributed by atoms with Crippen molar-refractivity contribution in [1.29, 1.82) is 0 Å². The van der Waals surface area contributed by atoms with Crippen LogP contribution < -0.4 is 16.0 Å². The number of carbonyl (C=O) groups is 1. The van der Waals surface area contributed by atoms with Gasteiger partial charge in [0.25, 0.3) is 0 Å². The lowest BCUT2D eigenvalue weighted by atomic mass is 10.3. The Bertz CT molecular complexity index is 403. The lowest BCUT2D eigenvalue weighted by molar-refractivity contribution is 0.0690. The highest BCUT2D eigenvalue weighted by Gasteiger charge is 2.15. The number of nitrogens with two attached hydrogens (primary N) is 1. The van der Waals surface area contributed by atoms with Gasteiger partial charge in [0, 0.05) is 32.2 Å². The van der Waals surface area contributed by atoms with Crippen LogP contribution in [0.2, 0.25) is 0 Å². The van der Waals surface area contributed by atoms with Crippen molar-refractivity contribution in [2.24, 2.45) is 0 Å². The normalized spacial score (nSPS) is 16.1. The smallest absolute Gasteiger partial charge is 0.354 e. The van der Waals surface area contributed by atoms with Crippen molar-refractivity contribution in [3.63, 3.8) is 0 Å². The van der Waals surface area contributed by atoms with Crippen LogP contribution in [0, 0.1) is 0 Å². The number of nitrogen functional groups attached to an aromatic ring is 1. The standard InChI is InChI=1S/C9H13N5O2/c10-9-12-6(8(15)16)5-7(13-9)14-3-1-11-2-4-14/h5,11H,1-4H2,(H,15,16)(H2,10,12,13). The summed E-state index contributed by atoms with van der Waals surface area (Å²) >= 11 is 0. The summed E-state index contributed by atoms with van der Waals surface area (Å²) in [6.07, 6.45) is 0. The zero-order valence-corrected chi connectivity index (χ0v) is 8.68. The third kappa shape index (κ3) is 2.19. The summed E-state index contributed by atoms with van der Waals surface area (Å²) in [5.41, 5.74) is 5.41. The number of carboxylic acids is 1. The molecule has 1 fully saturated rings. The first-order valence-corrected chi connectivity index (χ1v) is 5.00. The first kappa shape index (κ1) is 10.6. The Balaban J connectivity index is 2.28. The van der Waals surface area contributed by atoms with Gasteiger partial charge < -0.3 is 21.1 Å². The fraction of sp³-hybridized carbons (Fsp3) is 0.444. The van der Waals surface area contributed by atoms with Crippen LogP contribution in [0.5, 0.6) is 0 Å². The molecule has 1 aromatic heterocycles. The van der Waals surface area contributed by atoms with Gasteiger partial charge >= 0.3 is 5.97 Å². The molecular formula is C9H13N5O2. The van der Waals surface area contributed by atoms with Gasteiger partial charge in [0.1, 0.15) is 5.82 Å². The predicted molar refractivity (Wildman–Crippen MR) is 58.5 cm³/mol. The van der Waals surface area contributed by atoms with E-state index < -0.39 is 5.97 Å². The van der Waals surface area contributed by atoms with Crippen molar-refractivity contribution in [1.82, 2.24) is 15.3 Å². The maximum atomic E-state index is 10.8. The second kappa shape index (κ2) is 4.31. The number of hydrogen-bond donors (Lipinski definition) is 3. The number of anilines is 2. The van der Waals surface area contributed by atoms with Crippen LogP contribution in [-0.2, 0) is 0 Å². The molecular weight excluding hydrogens is 210 g/mol. The van der Waals surface area contributed by atoms with E-state index in [0.29, 0.717) is 5.82 Å². The van der Waals surface area contributed by atoms with Gasteiger partial charge in [-0.3, -0.25) is 0 Å². The van der Waals surface area contributed by atoms with Crippen molar-refractivity contribution in [2.75, 3.05) is 36.8 Å².